The Hall–Kier alpha value is -4.00. The quantitative estimate of drug-likeness (QED) is 0.286. The van der Waals surface area contributed by atoms with Crippen molar-refractivity contribution in [3.63, 3.8) is 0 Å². The number of allylic oxidation sites excluding steroid dienone is 1. The Balaban J connectivity index is 1.74. The van der Waals surface area contributed by atoms with Crippen molar-refractivity contribution in [3.8, 4) is 16.9 Å². The van der Waals surface area contributed by atoms with Crippen LogP contribution in [0.1, 0.15) is 34.7 Å². The molecular weight excluding hydrogens is 467 g/mol. The molecule has 0 radical (unpaired) electrons. The molecule has 0 saturated carbocycles. The average molecular weight is 494 g/mol. The lowest BCUT2D eigenvalue weighted by molar-refractivity contribution is -0.137. The first-order valence-corrected chi connectivity index (χ1v) is 11.3. The molecule has 0 aliphatic carbocycles. The number of nitrogens with one attached hydrogen (secondary N) is 1. The van der Waals surface area contributed by atoms with E-state index in [4.69, 9.17) is 9.15 Å². The molecule has 0 fully saturated rings. The third-order valence-electron chi connectivity index (χ3n) is 6.15. The number of carbonyl (C=O) groups excluding carboxylic acids is 1. The fraction of sp³-hybridized carbons (Fsp3) is 0.207. The molecule has 1 N–H and O–H groups in total. The largest absolute Gasteiger partial charge is 0.496 e. The number of anilines is 1. The van der Waals surface area contributed by atoms with Gasteiger partial charge in [-0.05, 0) is 68.7 Å². The van der Waals surface area contributed by atoms with Gasteiger partial charge in [-0.1, -0.05) is 29.8 Å². The monoisotopic (exact) mass is 493 g/mol. The molecule has 1 amide bonds. The highest BCUT2D eigenvalue weighted by molar-refractivity contribution is 6.06. The lowest BCUT2D eigenvalue weighted by Crippen LogP contribution is -2.11. The van der Waals surface area contributed by atoms with E-state index in [9.17, 15) is 18.0 Å². The summed E-state index contributed by atoms with van der Waals surface area (Å²) in [6.45, 7) is 7.72. The second-order valence-electron chi connectivity index (χ2n) is 8.82. The summed E-state index contributed by atoms with van der Waals surface area (Å²) in [5.74, 6) is 0.0121. The number of furan rings is 1. The molecule has 0 atom stereocenters. The van der Waals surface area contributed by atoms with Gasteiger partial charge in [0.1, 0.15) is 11.3 Å². The van der Waals surface area contributed by atoms with E-state index in [0.29, 0.717) is 22.5 Å². The minimum Gasteiger partial charge on any atom is -0.496 e. The smallest absolute Gasteiger partial charge is 0.416 e. The summed E-state index contributed by atoms with van der Waals surface area (Å²) < 4.78 is 50.6. The van der Waals surface area contributed by atoms with E-state index < -0.39 is 17.6 Å². The third-order valence-corrected chi connectivity index (χ3v) is 6.15. The van der Waals surface area contributed by atoms with Crippen LogP contribution in [-0.4, -0.2) is 13.0 Å². The number of halogens is 3. The maximum absolute atomic E-state index is 13.0. The summed E-state index contributed by atoms with van der Waals surface area (Å²) in [5.41, 5.74) is 6.22. The maximum Gasteiger partial charge on any atom is 0.416 e. The van der Waals surface area contributed by atoms with E-state index in [2.05, 4.69) is 17.4 Å². The highest BCUT2D eigenvalue weighted by Gasteiger charge is 2.30. The number of hydrogen-bond acceptors (Lipinski definition) is 3. The maximum atomic E-state index is 13.0. The normalized spacial score (nSPS) is 12.2. The molecule has 36 heavy (non-hydrogen) atoms. The summed E-state index contributed by atoms with van der Waals surface area (Å²) >= 11 is 0. The minimum absolute atomic E-state index is 0.0597. The standard InChI is InChI=1S/C29H26F3NO3/c1-16-9-10-22(17(2)11-16)25-15-36-28-19(4)27(35-5)23(14-24(25)28)18(3)12-26(34)33-21-8-6-7-20(13-21)29(30,31)32/h6-15H,1-5H3,(H,33,34)/b18-12+. The van der Waals surface area contributed by atoms with E-state index in [0.717, 1.165) is 45.3 Å². The third kappa shape index (κ3) is 4.87. The lowest BCUT2D eigenvalue weighted by Gasteiger charge is -2.14. The van der Waals surface area contributed by atoms with Crippen molar-refractivity contribution < 1.29 is 27.1 Å². The first-order valence-electron chi connectivity index (χ1n) is 11.3. The van der Waals surface area contributed by atoms with Crippen LogP contribution in [0.5, 0.6) is 5.75 Å². The summed E-state index contributed by atoms with van der Waals surface area (Å²) in [6.07, 6.45) is -1.43. The fourth-order valence-corrected chi connectivity index (χ4v) is 4.42. The number of ether oxygens (including phenoxy) is 1. The van der Waals surface area contributed by atoms with Crippen LogP contribution >= 0.6 is 0 Å². The Morgan fingerprint density at radius 2 is 1.78 bits per heavy atom. The summed E-state index contributed by atoms with van der Waals surface area (Å²) in [4.78, 5) is 12.7. The molecule has 3 aromatic carbocycles. The van der Waals surface area contributed by atoms with Crippen molar-refractivity contribution in [1.29, 1.82) is 0 Å². The molecule has 4 nitrogen and oxygen atoms in total. The van der Waals surface area contributed by atoms with E-state index in [-0.39, 0.29) is 5.69 Å². The molecule has 4 aromatic rings. The van der Waals surface area contributed by atoms with Crippen molar-refractivity contribution >= 4 is 28.1 Å². The molecule has 0 aliphatic heterocycles. The van der Waals surface area contributed by atoms with Crippen molar-refractivity contribution in [1.82, 2.24) is 0 Å². The fourth-order valence-electron chi connectivity index (χ4n) is 4.42. The van der Waals surface area contributed by atoms with Gasteiger partial charge in [-0.3, -0.25) is 4.79 Å². The zero-order chi connectivity index (χ0) is 26.2. The second kappa shape index (κ2) is 9.57. The Morgan fingerprint density at radius 3 is 2.44 bits per heavy atom. The van der Waals surface area contributed by atoms with Gasteiger partial charge in [0, 0.05) is 33.8 Å². The molecule has 0 spiro atoms. The highest BCUT2D eigenvalue weighted by atomic mass is 19.4. The number of methoxy groups -OCH3 is 1. The Labute approximate surface area is 207 Å². The van der Waals surface area contributed by atoms with Crippen LogP contribution in [0.4, 0.5) is 18.9 Å². The average Bonchev–Trinajstić information content (AvgIpc) is 3.22. The predicted molar refractivity (Wildman–Crippen MR) is 136 cm³/mol. The van der Waals surface area contributed by atoms with E-state index >= 15 is 0 Å². The summed E-state index contributed by atoms with van der Waals surface area (Å²) in [5, 5.41) is 3.39. The highest BCUT2D eigenvalue weighted by Crippen LogP contribution is 2.41. The van der Waals surface area contributed by atoms with Gasteiger partial charge in [0.05, 0.1) is 18.9 Å². The molecule has 0 bridgehead atoms. The van der Waals surface area contributed by atoms with Crippen LogP contribution in [0, 0.1) is 20.8 Å². The minimum atomic E-state index is -4.50. The number of fused-ring (bicyclic) bond motifs is 1. The van der Waals surface area contributed by atoms with Crippen LogP contribution in [0.25, 0.3) is 27.7 Å². The summed E-state index contributed by atoms with van der Waals surface area (Å²) in [7, 11) is 1.54. The molecular formula is C29H26F3NO3. The van der Waals surface area contributed by atoms with E-state index in [1.54, 1.807) is 20.3 Å². The van der Waals surface area contributed by atoms with Crippen molar-refractivity contribution in [2.24, 2.45) is 0 Å². The molecule has 186 valence electrons. The molecule has 1 aromatic heterocycles. The van der Waals surface area contributed by atoms with Gasteiger partial charge >= 0.3 is 6.18 Å². The van der Waals surface area contributed by atoms with Crippen LogP contribution in [-0.2, 0) is 11.0 Å². The number of alkyl halides is 3. The van der Waals surface area contributed by atoms with Crippen molar-refractivity contribution in [3.05, 3.63) is 88.7 Å². The lowest BCUT2D eigenvalue weighted by atomic mass is 9.94. The van der Waals surface area contributed by atoms with Gasteiger partial charge in [0.25, 0.3) is 0 Å². The van der Waals surface area contributed by atoms with Gasteiger partial charge in [0.2, 0.25) is 5.91 Å². The number of aryl methyl sites for hydroxylation is 3. The van der Waals surface area contributed by atoms with Crippen LogP contribution < -0.4 is 10.1 Å². The van der Waals surface area contributed by atoms with Gasteiger partial charge in [-0.25, -0.2) is 0 Å². The van der Waals surface area contributed by atoms with Crippen molar-refractivity contribution in [2.45, 2.75) is 33.9 Å². The van der Waals surface area contributed by atoms with E-state index in [1.807, 2.05) is 32.9 Å². The topological polar surface area (TPSA) is 51.5 Å². The zero-order valence-electron chi connectivity index (χ0n) is 20.6. The number of hydrogen-bond donors (Lipinski definition) is 1. The molecule has 0 unspecified atom stereocenters. The van der Waals surface area contributed by atoms with Crippen LogP contribution in [0.15, 0.2) is 65.3 Å². The molecule has 0 aliphatic rings. The first kappa shape index (κ1) is 25.1. The molecule has 0 saturated heterocycles. The number of benzene rings is 3. The first-order chi connectivity index (χ1) is 17.0. The van der Waals surface area contributed by atoms with Crippen molar-refractivity contribution in [2.75, 3.05) is 12.4 Å². The number of rotatable bonds is 5. The zero-order valence-corrected chi connectivity index (χ0v) is 20.6. The number of amides is 1. The molecule has 1 heterocycles. The van der Waals surface area contributed by atoms with Gasteiger partial charge in [-0.15, -0.1) is 0 Å². The van der Waals surface area contributed by atoms with E-state index in [1.165, 1.54) is 18.2 Å². The van der Waals surface area contributed by atoms with Crippen LogP contribution in [0.3, 0.4) is 0 Å². The molecule has 4 rings (SSSR count). The summed E-state index contributed by atoms with van der Waals surface area (Å²) in [6, 6.07) is 12.6. The van der Waals surface area contributed by atoms with Gasteiger partial charge in [-0.2, -0.15) is 13.2 Å². The van der Waals surface area contributed by atoms with Crippen LogP contribution in [0.2, 0.25) is 0 Å². The van der Waals surface area contributed by atoms with Gasteiger partial charge < -0.3 is 14.5 Å². The number of carbonyl (C=O) groups is 1. The predicted octanol–water partition coefficient (Wildman–Crippen LogP) is 8.09. The molecule has 7 heteroatoms. The Kier molecular flexibility index (Phi) is 6.67. The second-order valence-corrected chi connectivity index (χ2v) is 8.82. The van der Waals surface area contributed by atoms with Gasteiger partial charge in [0.15, 0.2) is 0 Å². The SMILES string of the molecule is COc1c(/C(C)=C/C(=O)Nc2cccc(C(F)(F)F)c2)cc2c(-c3ccc(C)cc3C)coc2c1C. The Bertz CT molecular complexity index is 1500. The Morgan fingerprint density at radius 1 is 1.03 bits per heavy atom.